The van der Waals surface area contributed by atoms with Crippen molar-refractivity contribution in [2.45, 2.75) is 24.7 Å². The van der Waals surface area contributed by atoms with Gasteiger partial charge in [0.15, 0.2) is 0 Å². The van der Waals surface area contributed by atoms with Gasteiger partial charge in [-0.3, -0.25) is 0 Å². The standard InChI is InChI=1S/C72H47N/c1-71(2)64-27-13-9-23-55(64)59-37-34-46(39-68(59)71)61-42-63-58-26-12-16-30-67(58)72(65-28-14-10-24-56(65)57-25-11-15-29-66(57)72)69(63)43-70(61)73(47-35-33-45-32-31-44-17-3-4-18-49(44)60(45)40-47)48-36-38-54-52-21-6-5-19-50(52)51-20-7-8-22-53(51)62(54)41-48/h3-43H,1-2H3. The Labute approximate surface area is 424 Å². The van der Waals surface area contributed by atoms with E-state index in [2.05, 4.69) is 267 Å². The largest absolute Gasteiger partial charge is 0.310 e. The van der Waals surface area contributed by atoms with Crippen molar-refractivity contribution < 1.29 is 0 Å². The predicted molar refractivity (Wildman–Crippen MR) is 308 cm³/mol. The number of hydrogen-bond acceptors (Lipinski definition) is 1. The van der Waals surface area contributed by atoms with E-state index in [9.17, 15) is 0 Å². The van der Waals surface area contributed by atoms with Gasteiger partial charge in [-0.25, -0.2) is 0 Å². The molecule has 3 aliphatic carbocycles. The monoisotopic (exact) mass is 925 g/mol. The first kappa shape index (κ1) is 40.7. The molecular formula is C72H47N. The molecule has 0 N–H and O–H groups in total. The van der Waals surface area contributed by atoms with E-state index in [-0.39, 0.29) is 5.41 Å². The third-order valence-electron chi connectivity index (χ3n) is 17.2. The summed E-state index contributed by atoms with van der Waals surface area (Å²) in [4.78, 5) is 2.59. The summed E-state index contributed by atoms with van der Waals surface area (Å²) in [5.41, 5.74) is 21.0. The van der Waals surface area contributed by atoms with Crippen LogP contribution in [0.2, 0.25) is 0 Å². The minimum absolute atomic E-state index is 0.173. The van der Waals surface area contributed by atoms with Crippen molar-refractivity contribution in [1.82, 2.24) is 0 Å². The Morgan fingerprint density at radius 1 is 0.260 bits per heavy atom. The molecule has 0 amide bonds. The van der Waals surface area contributed by atoms with E-state index >= 15 is 0 Å². The second-order valence-electron chi connectivity index (χ2n) is 21.1. The molecule has 13 aromatic rings. The molecule has 0 fully saturated rings. The van der Waals surface area contributed by atoms with Crippen LogP contribution in [0.15, 0.2) is 249 Å². The third-order valence-corrected chi connectivity index (χ3v) is 17.2. The zero-order chi connectivity index (χ0) is 48.2. The SMILES string of the molecule is CC1(C)c2ccccc2-c2ccc(-c3cc4c(cc3N(c3ccc5ccc6ccccc6c5c3)c3ccc5c6ccccc6c6ccccc6c5c3)C3(c5ccccc5-c5ccccc53)c3ccccc3-4)cc21. The van der Waals surface area contributed by atoms with E-state index < -0.39 is 5.41 Å². The summed E-state index contributed by atoms with van der Waals surface area (Å²) in [5, 5.41) is 12.5. The van der Waals surface area contributed by atoms with Gasteiger partial charge in [0.05, 0.1) is 11.1 Å². The molecule has 16 rings (SSSR count). The highest BCUT2D eigenvalue weighted by atomic mass is 15.1. The van der Waals surface area contributed by atoms with Crippen molar-refractivity contribution in [2.75, 3.05) is 4.90 Å². The highest BCUT2D eigenvalue weighted by Gasteiger charge is 2.52. The Morgan fingerprint density at radius 3 is 1.33 bits per heavy atom. The summed E-state index contributed by atoms with van der Waals surface area (Å²) < 4.78 is 0. The third kappa shape index (κ3) is 5.41. The lowest BCUT2D eigenvalue weighted by Gasteiger charge is -2.33. The Kier molecular flexibility index (Phi) is 8.22. The molecule has 1 heteroatoms. The van der Waals surface area contributed by atoms with Gasteiger partial charge >= 0.3 is 0 Å². The second-order valence-corrected chi connectivity index (χ2v) is 21.1. The van der Waals surface area contributed by atoms with Gasteiger partial charge in [0, 0.05) is 22.4 Å². The summed E-state index contributed by atoms with van der Waals surface area (Å²) in [6, 6.07) is 94.6. The van der Waals surface area contributed by atoms with Crippen molar-refractivity contribution in [2.24, 2.45) is 0 Å². The van der Waals surface area contributed by atoms with Crippen LogP contribution in [0.1, 0.15) is 47.2 Å². The number of fused-ring (bicyclic) bond motifs is 22. The lowest BCUT2D eigenvalue weighted by Crippen LogP contribution is -2.26. The van der Waals surface area contributed by atoms with Crippen molar-refractivity contribution in [3.8, 4) is 44.5 Å². The Balaban J connectivity index is 1.06. The number of anilines is 3. The molecule has 0 saturated carbocycles. The Morgan fingerprint density at radius 2 is 0.699 bits per heavy atom. The maximum absolute atomic E-state index is 2.60. The van der Waals surface area contributed by atoms with Gasteiger partial charge in [0.1, 0.15) is 0 Å². The fourth-order valence-corrected chi connectivity index (χ4v) is 14.0. The average Bonchev–Trinajstić information content (AvgIpc) is 4.03. The van der Waals surface area contributed by atoms with Crippen molar-refractivity contribution >= 4 is 70.9 Å². The van der Waals surface area contributed by atoms with E-state index in [1.54, 1.807) is 0 Å². The lowest BCUT2D eigenvalue weighted by molar-refractivity contribution is 0.660. The zero-order valence-electron chi connectivity index (χ0n) is 40.6. The fourth-order valence-electron chi connectivity index (χ4n) is 14.0. The molecule has 0 heterocycles. The summed E-state index contributed by atoms with van der Waals surface area (Å²) in [5.74, 6) is 0. The molecule has 0 unspecified atom stereocenters. The molecule has 0 bridgehead atoms. The summed E-state index contributed by atoms with van der Waals surface area (Å²) in [6.07, 6.45) is 0. The summed E-state index contributed by atoms with van der Waals surface area (Å²) in [7, 11) is 0. The van der Waals surface area contributed by atoms with Gasteiger partial charge in [-0.15, -0.1) is 0 Å². The Bertz CT molecular complexity index is 4470. The molecule has 0 radical (unpaired) electrons. The van der Waals surface area contributed by atoms with Crippen LogP contribution in [0.3, 0.4) is 0 Å². The van der Waals surface area contributed by atoms with Crippen LogP contribution in [0, 0.1) is 0 Å². The maximum atomic E-state index is 2.60. The van der Waals surface area contributed by atoms with Crippen molar-refractivity contribution in [3.63, 3.8) is 0 Å². The van der Waals surface area contributed by atoms with Gasteiger partial charge in [-0.05, 0) is 169 Å². The molecule has 0 aromatic heterocycles. The number of nitrogens with zero attached hydrogens (tertiary/aromatic N) is 1. The topological polar surface area (TPSA) is 3.24 Å². The van der Waals surface area contributed by atoms with Gasteiger partial charge in [-0.1, -0.05) is 220 Å². The van der Waals surface area contributed by atoms with Gasteiger partial charge in [0.2, 0.25) is 0 Å². The molecule has 1 spiro atoms. The van der Waals surface area contributed by atoms with Gasteiger partial charge in [0.25, 0.3) is 0 Å². The minimum atomic E-state index is -0.530. The van der Waals surface area contributed by atoms with E-state index in [0.29, 0.717) is 0 Å². The molecule has 13 aromatic carbocycles. The van der Waals surface area contributed by atoms with E-state index in [4.69, 9.17) is 0 Å². The zero-order valence-corrected chi connectivity index (χ0v) is 40.6. The first-order chi connectivity index (χ1) is 36.0. The average molecular weight is 926 g/mol. The number of benzene rings is 13. The van der Waals surface area contributed by atoms with Gasteiger partial charge < -0.3 is 4.90 Å². The predicted octanol–water partition coefficient (Wildman–Crippen LogP) is 19.2. The van der Waals surface area contributed by atoms with E-state index in [1.165, 1.54) is 132 Å². The number of rotatable bonds is 4. The molecule has 73 heavy (non-hydrogen) atoms. The maximum Gasteiger partial charge on any atom is 0.0726 e. The molecule has 0 aliphatic heterocycles. The molecular weight excluding hydrogens is 879 g/mol. The van der Waals surface area contributed by atoms with Crippen molar-refractivity contribution in [1.29, 1.82) is 0 Å². The first-order valence-corrected chi connectivity index (χ1v) is 25.7. The highest BCUT2D eigenvalue weighted by Crippen LogP contribution is 2.64. The number of hydrogen-bond donors (Lipinski definition) is 0. The van der Waals surface area contributed by atoms with Crippen LogP contribution in [0.25, 0.3) is 98.4 Å². The van der Waals surface area contributed by atoms with Crippen LogP contribution in [0.4, 0.5) is 17.1 Å². The molecule has 340 valence electrons. The highest BCUT2D eigenvalue weighted by molar-refractivity contribution is 6.26. The van der Waals surface area contributed by atoms with Crippen LogP contribution in [0.5, 0.6) is 0 Å². The van der Waals surface area contributed by atoms with Gasteiger partial charge in [-0.2, -0.15) is 0 Å². The quantitative estimate of drug-likeness (QED) is 0.159. The normalized spacial score (nSPS) is 14.1. The summed E-state index contributed by atoms with van der Waals surface area (Å²) >= 11 is 0. The second kappa shape index (κ2) is 14.8. The lowest BCUT2D eigenvalue weighted by atomic mass is 9.70. The first-order valence-electron chi connectivity index (χ1n) is 25.7. The fraction of sp³-hybridized carbons (Fsp3) is 0.0556. The van der Waals surface area contributed by atoms with E-state index in [0.717, 1.165) is 17.1 Å². The Hall–Kier alpha value is -9.04. The molecule has 3 aliphatic rings. The molecule has 0 saturated heterocycles. The van der Waals surface area contributed by atoms with Crippen LogP contribution < -0.4 is 4.90 Å². The smallest absolute Gasteiger partial charge is 0.0726 e. The van der Waals surface area contributed by atoms with Crippen LogP contribution in [-0.4, -0.2) is 0 Å². The van der Waals surface area contributed by atoms with E-state index in [1.807, 2.05) is 0 Å². The van der Waals surface area contributed by atoms with Crippen LogP contribution in [-0.2, 0) is 10.8 Å². The summed E-state index contributed by atoms with van der Waals surface area (Å²) in [6.45, 7) is 4.80. The minimum Gasteiger partial charge on any atom is -0.310 e. The molecule has 1 nitrogen and oxygen atoms in total. The van der Waals surface area contributed by atoms with Crippen LogP contribution >= 0.6 is 0 Å². The van der Waals surface area contributed by atoms with Crippen molar-refractivity contribution in [3.05, 3.63) is 282 Å². The molecule has 0 atom stereocenters.